The van der Waals surface area contributed by atoms with Gasteiger partial charge in [-0.1, -0.05) is 0 Å². The number of hydrogen-bond acceptors (Lipinski definition) is 8. The molecule has 3 fully saturated rings. The summed E-state index contributed by atoms with van der Waals surface area (Å²) in [7, 11) is 0. The number of nitrogens with one attached hydrogen (secondary N) is 4. The van der Waals surface area contributed by atoms with E-state index in [-0.39, 0.29) is 17.9 Å². The van der Waals surface area contributed by atoms with Crippen molar-refractivity contribution in [1.29, 1.82) is 0 Å². The van der Waals surface area contributed by atoms with Gasteiger partial charge in [0, 0.05) is 56.3 Å². The third-order valence-corrected chi connectivity index (χ3v) is 9.07. The Balaban J connectivity index is 0.000000226. The smallest absolute Gasteiger partial charge is 0.260 e. The number of amides is 3. The fraction of sp³-hybridized carbons (Fsp3) is 0.433. The Morgan fingerprint density at radius 3 is 2.69 bits per heavy atom. The number of allylic oxidation sites excluding steroid dienone is 2. The number of thiazole rings is 1. The zero-order valence-corrected chi connectivity index (χ0v) is 25.0. The number of carbonyl (C=O) groups is 3. The maximum Gasteiger partial charge on any atom is 0.260 e. The molecule has 3 aromatic heterocycles. The minimum Gasteiger partial charge on any atom is -0.383 e. The molecule has 2 saturated heterocycles. The maximum absolute atomic E-state index is 12.9. The van der Waals surface area contributed by atoms with Gasteiger partial charge in [0.05, 0.1) is 34.6 Å². The van der Waals surface area contributed by atoms with Crippen molar-refractivity contribution in [2.75, 3.05) is 25.0 Å². The van der Waals surface area contributed by atoms with Crippen LogP contribution in [0.5, 0.6) is 0 Å². The average Bonchev–Trinajstić information content (AvgIpc) is 3.58. The number of carbonyl (C=O) groups excluding carboxylic acids is 3. The van der Waals surface area contributed by atoms with E-state index in [1.165, 1.54) is 50.5 Å². The van der Waals surface area contributed by atoms with Crippen LogP contribution in [-0.4, -0.2) is 69.4 Å². The summed E-state index contributed by atoms with van der Waals surface area (Å²) < 4.78 is 1.68. The van der Waals surface area contributed by atoms with Crippen molar-refractivity contribution in [2.45, 2.75) is 58.5 Å². The Morgan fingerprint density at radius 1 is 1.17 bits per heavy atom. The van der Waals surface area contributed by atoms with Crippen LogP contribution in [0.1, 0.15) is 56.8 Å². The minimum atomic E-state index is -0.201. The predicted octanol–water partition coefficient (Wildman–Crippen LogP) is 3.53. The lowest BCUT2D eigenvalue weighted by molar-refractivity contribution is -0.114. The molecule has 0 aromatic carbocycles. The number of anilines is 1. The molecule has 6 heterocycles. The zero-order valence-electron chi connectivity index (χ0n) is 24.2. The highest BCUT2D eigenvalue weighted by Gasteiger charge is 2.32. The van der Waals surface area contributed by atoms with Gasteiger partial charge in [0.15, 0.2) is 0 Å². The number of fused-ring (bicyclic) bond motifs is 4. The summed E-state index contributed by atoms with van der Waals surface area (Å²) in [5.41, 5.74) is 3.83. The van der Waals surface area contributed by atoms with E-state index >= 15 is 0 Å². The highest BCUT2D eigenvalue weighted by Crippen LogP contribution is 2.34. The second-order valence-electron chi connectivity index (χ2n) is 11.1. The molecule has 1 saturated carbocycles. The summed E-state index contributed by atoms with van der Waals surface area (Å²) in [6.07, 6.45) is 17.0. The van der Waals surface area contributed by atoms with Gasteiger partial charge in [-0.25, -0.2) is 4.52 Å². The van der Waals surface area contributed by atoms with Crippen LogP contribution in [0.25, 0.3) is 15.3 Å². The lowest BCUT2D eigenvalue weighted by atomic mass is 9.80. The van der Waals surface area contributed by atoms with Crippen molar-refractivity contribution in [3.8, 4) is 10.4 Å². The summed E-state index contributed by atoms with van der Waals surface area (Å²) >= 11 is 1.44. The monoisotopic (exact) mass is 590 g/mol. The minimum absolute atomic E-state index is 0.0233. The Kier molecular flexibility index (Phi) is 9.33. The van der Waals surface area contributed by atoms with Crippen molar-refractivity contribution in [2.24, 2.45) is 5.92 Å². The van der Waals surface area contributed by atoms with E-state index < -0.39 is 0 Å². The standard InChI is InChI=1S/C20H20N6O2S.C10H18N2O/c1-11-4-17(12(2)22-6-11)25-19(28)16-9-23-26-10-18(29-20(16)26)14-5-15(8-21-7-14)24-13(3)27;13-8-11-5-6-12-7-9-1-3-10(12)4-2-9/h4-10,12,22H,1-3H3,(H,24,27)(H,25,28);8-10H,1-7H2,(H,11,13). The number of rotatable bonds is 8. The van der Waals surface area contributed by atoms with Crippen molar-refractivity contribution in [1.82, 2.24) is 35.4 Å². The van der Waals surface area contributed by atoms with E-state index in [0.29, 0.717) is 11.3 Å². The van der Waals surface area contributed by atoms with E-state index in [4.69, 9.17) is 0 Å². The number of piperidine rings is 2. The summed E-state index contributed by atoms with van der Waals surface area (Å²) in [5.74, 6) is 0.587. The molecule has 1 atom stereocenters. The van der Waals surface area contributed by atoms with E-state index in [9.17, 15) is 14.4 Å². The molecule has 3 amide bonds. The van der Waals surface area contributed by atoms with E-state index in [2.05, 4.69) is 36.2 Å². The second kappa shape index (κ2) is 13.3. The Morgan fingerprint density at radius 2 is 1.98 bits per heavy atom. The van der Waals surface area contributed by atoms with Crippen molar-refractivity contribution < 1.29 is 14.4 Å². The summed E-state index contributed by atoms with van der Waals surface area (Å²) in [4.78, 5) is 42.6. The lowest BCUT2D eigenvalue weighted by Gasteiger charge is -2.45. The number of pyridine rings is 1. The first kappa shape index (κ1) is 29.5. The summed E-state index contributed by atoms with van der Waals surface area (Å²) in [5, 5.41) is 16.0. The summed E-state index contributed by atoms with van der Waals surface area (Å²) in [6.45, 7) is 8.53. The Hall–Kier alpha value is -4.03. The van der Waals surface area contributed by atoms with Gasteiger partial charge in [-0.2, -0.15) is 5.10 Å². The predicted molar refractivity (Wildman–Crippen MR) is 164 cm³/mol. The molecule has 4 N–H and O–H groups in total. The SMILES string of the molecule is CC(=O)Nc1cncc(-c2cn3ncc(C(=O)NC4=CC(C)=CNC4C)c3s2)c1.O=CNCCN1CC2CCC1CC2. The van der Waals surface area contributed by atoms with Crippen molar-refractivity contribution in [3.05, 3.63) is 60.0 Å². The Labute approximate surface area is 249 Å². The molecule has 0 radical (unpaired) electrons. The Bertz CT molecular complexity index is 1500. The molecule has 2 bridgehead atoms. The number of dihydropyridines is 1. The fourth-order valence-corrected chi connectivity index (χ4v) is 6.78. The molecule has 4 aliphatic rings. The van der Waals surface area contributed by atoms with E-state index in [0.717, 1.165) is 58.0 Å². The van der Waals surface area contributed by atoms with Crippen LogP contribution in [-0.2, 0) is 9.59 Å². The van der Waals surface area contributed by atoms with Gasteiger partial charge in [-0.3, -0.25) is 24.3 Å². The third kappa shape index (κ3) is 7.05. The number of aromatic nitrogens is 3. The first-order chi connectivity index (χ1) is 20.3. The fourth-order valence-electron chi connectivity index (χ4n) is 5.74. The largest absolute Gasteiger partial charge is 0.383 e. The number of nitrogens with zero attached hydrogens (tertiary/aromatic N) is 4. The van der Waals surface area contributed by atoms with Crippen molar-refractivity contribution >= 4 is 40.1 Å². The maximum atomic E-state index is 12.9. The molecule has 0 spiro atoms. The molecular formula is C30H38N8O3S. The normalized spacial score (nSPS) is 21.4. The molecule has 3 aliphatic heterocycles. The number of hydrogen-bond donors (Lipinski definition) is 4. The average molecular weight is 591 g/mol. The topological polar surface area (TPSA) is 133 Å². The zero-order chi connectivity index (χ0) is 29.6. The van der Waals surface area contributed by atoms with Crippen LogP contribution < -0.4 is 21.3 Å². The second-order valence-corrected chi connectivity index (χ2v) is 12.1. The molecule has 11 nitrogen and oxygen atoms in total. The van der Waals surface area contributed by atoms with Crippen LogP contribution in [0, 0.1) is 5.92 Å². The first-order valence-corrected chi connectivity index (χ1v) is 15.2. The van der Waals surface area contributed by atoms with Gasteiger partial charge in [-0.05, 0) is 69.4 Å². The van der Waals surface area contributed by atoms with Gasteiger partial charge in [0.25, 0.3) is 5.91 Å². The summed E-state index contributed by atoms with van der Waals surface area (Å²) in [6, 6.07) is 2.68. The third-order valence-electron chi connectivity index (χ3n) is 7.90. The molecule has 42 heavy (non-hydrogen) atoms. The van der Waals surface area contributed by atoms with E-state index in [1.807, 2.05) is 38.4 Å². The van der Waals surface area contributed by atoms with Crippen molar-refractivity contribution in [3.63, 3.8) is 0 Å². The highest BCUT2D eigenvalue weighted by atomic mass is 32.1. The van der Waals surface area contributed by atoms with E-state index in [1.54, 1.807) is 23.1 Å². The van der Waals surface area contributed by atoms with Gasteiger partial charge in [-0.15, -0.1) is 11.3 Å². The molecule has 1 aliphatic carbocycles. The van der Waals surface area contributed by atoms with Crippen LogP contribution >= 0.6 is 11.3 Å². The van der Waals surface area contributed by atoms with Crippen LogP contribution in [0.15, 0.2) is 54.4 Å². The van der Waals surface area contributed by atoms with Gasteiger partial charge in [0.2, 0.25) is 12.3 Å². The van der Waals surface area contributed by atoms with Crippen LogP contribution in [0.4, 0.5) is 5.69 Å². The highest BCUT2D eigenvalue weighted by molar-refractivity contribution is 7.21. The molecule has 12 heteroatoms. The van der Waals surface area contributed by atoms with Crippen LogP contribution in [0.3, 0.4) is 0 Å². The first-order valence-electron chi connectivity index (χ1n) is 14.4. The molecule has 7 rings (SSSR count). The van der Waals surface area contributed by atoms with Gasteiger partial charge in [0.1, 0.15) is 4.83 Å². The lowest BCUT2D eigenvalue weighted by Crippen LogP contribution is -2.49. The molecule has 222 valence electrons. The molecular weight excluding hydrogens is 552 g/mol. The van der Waals surface area contributed by atoms with Gasteiger partial charge >= 0.3 is 0 Å². The molecule has 1 unspecified atom stereocenters. The quantitative estimate of drug-likeness (QED) is 0.233. The molecule has 3 aromatic rings. The van der Waals surface area contributed by atoms with Gasteiger partial charge < -0.3 is 21.3 Å². The van der Waals surface area contributed by atoms with Crippen LogP contribution in [0.2, 0.25) is 0 Å².